The lowest BCUT2D eigenvalue weighted by molar-refractivity contribution is -0.133. The fourth-order valence-corrected chi connectivity index (χ4v) is 2.83. The van der Waals surface area contributed by atoms with Gasteiger partial charge >= 0.3 is 0 Å². The van der Waals surface area contributed by atoms with E-state index in [1.54, 1.807) is 19.1 Å². The molecule has 126 valence electrons. The van der Waals surface area contributed by atoms with Gasteiger partial charge in [0.2, 0.25) is 11.8 Å². The Hall–Kier alpha value is -2.28. The molecule has 1 atom stereocenters. The second-order valence-corrected chi connectivity index (χ2v) is 5.33. The van der Waals surface area contributed by atoms with E-state index in [2.05, 4.69) is 5.32 Å². The topological polar surface area (TPSA) is 93.9 Å². The number of nitrogens with zero attached hydrogens (tertiary/aromatic N) is 1. The predicted molar refractivity (Wildman–Crippen MR) is 85.3 cm³/mol. The van der Waals surface area contributed by atoms with Crippen molar-refractivity contribution >= 4 is 11.8 Å². The SMILES string of the molecule is COc1ccc(C2CCCN2C(=O)CNC(=O)CN)c(OC)c1. The Bertz CT molecular complexity index is 576. The summed E-state index contributed by atoms with van der Waals surface area (Å²) in [6.07, 6.45) is 1.77. The minimum atomic E-state index is -0.337. The van der Waals surface area contributed by atoms with Crippen LogP contribution in [-0.2, 0) is 9.59 Å². The molecule has 1 heterocycles. The van der Waals surface area contributed by atoms with E-state index < -0.39 is 0 Å². The van der Waals surface area contributed by atoms with Gasteiger partial charge < -0.3 is 25.4 Å². The van der Waals surface area contributed by atoms with Crippen LogP contribution in [0.2, 0.25) is 0 Å². The van der Waals surface area contributed by atoms with Crippen molar-refractivity contribution in [2.75, 3.05) is 33.9 Å². The first-order chi connectivity index (χ1) is 11.1. The quantitative estimate of drug-likeness (QED) is 0.793. The molecular weight excluding hydrogens is 298 g/mol. The van der Waals surface area contributed by atoms with E-state index in [9.17, 15) is 9.59 Å². The lowest BCUT2D eigenvalue weighted by Gasteiger charge is -2.26. The number of hydrogen-bond acceptors (Lipinski definition) is 5. The van der Waals surface area contributed by atoms with Crippen LogP contribution >= 0.6 is 0 Å². The van der Waals surface area contributed by atoms with Gasteiger partial charge in [0, 0.05) is 18.2 Å². The highest BCUT2D eigenvalue weighted by Gasteiger charge is 2.31. The van der Waals surface area contributed by atoms with Crippen LogP contribution in [0.3, 0.4) is 0 Å². The van der Waals surface area contributed by atoms with Crippen molar-refractivity contribution in [1.29, 1.82) is 0 Å². The number of carbonyl (C=O) groups is 2. The molecule has 1 fully saturated rings. The highest BCUT2D eigenvalue weighted by molar-refractivity contribution is 5.85. The molecule has 0 bridgehead atoms. The second kappa shape index (κ2) is 7.82. The lowest BCUT2D eigenvalue weighted by Crippen LogP contribution is -2.41. The van der Waals surface area contributed by atoms with Gasteiger partial charge in [-0.05, 0) is 25.0 Å². The first-order valence-electron chi connectivity index (χ1n) is 7.58. The third-order valence-corrected chi connectivity index (χ3v) is 3.99. The van der Waals surface area contributed by atoms with Crippen LogP contribution < -0.4 is 20.5 Å². The first kappa shape index (κ1) is 17.1. The smallest absolute Gasteiger partial charge is 0.242 e. The third-order valence-electron chi connectivity index (χ3n) is 3.99. The van der Waals surface area contributed by atoms with Crippen molar-refractivity contribution in [2.24, 2.45) is 5.73 Å². The summed E-state index contributed by atoms with van der Waals surface area (Å²) < 4.78 is 10.6. The van der Waals surface area contributed by atoms with Crippen molar-refractivity contribution in [3.05, 3.63) is 23.8 Å². The maximum absolute atomic E-state index is 12.4. The molecule has 0 aromatic heterocycles. The van der Waals surface area contributed by atoms with Gasteiger partial charge in [0.15, 0.2) is 0 Å². The fourth-order valence-electron chi connectivity index (χ4n) is 2.83. The van der Waals surface area contributed by atoms with Gasteiger partial charge in [0.1, 0.15) is 11.5 Å². The number of carbonyl (C=O) groups excluding carboxylic acids is 2. The van der Waals surface area contributed by atoms with E-state index >= 15 is 0 Å². The van der Waals surface area contributed by atoms with Crippen LogP contribution in [-0.4, -0.2) is 50.6 Å². The van der Waals surface area contributed by atoms with Crippen molar-refractivity contribution in [3.63, 3.8) is 0 Å². The Morgan fingerprint density at radius 2 is 2.13 bits per heavy atom. The Morgan fingerprint density at radius 3 is 2.78 bits per heavy atom. The molecule has 1 aromatic rings. The molecule has 1 saturated heterocycles. The number of benzene rings is 1. The molecule has 0 saturated carbocycles. The summed E-state index contributed by atoms with van der Waals surface area (Å²) in [5.74, 6) is 0.944. The Kier molecular flexibility index (Phi) is 5.81. The number of nitrogens with one attached hydrogen (secondary N) is 1. The van der Waals surface area contributed by atoms with Crippen LogP contribution in [0.25, 0.3) is 0 Å². The van der Waals surface area contributed by atoms with E-state index in [1.807, 2.05) is 18.2 Å². The van der Waals surface area contributed by atoms with Crippen LogP contribution in [0, 0.1) is 0 Å². The molecule has 2 rings (SSSR count). The molecule has 3 N–H and O–H groups in total. The highest BCUT2D eigenvalue weighted by Crippen LogP contribution is 2.38. The second-order valence-electron chi connectivity index (χ2n) is 5.33. The Balaban J connectivity index is 2.15. The predicted octanol–water partition coefficient (Wildman–Crippen LogP) is 0.442. The van der Waals surface area contributed by atoms with Crippen LogP contribution in [0.5, 0.6) is 11.5 Å². The molecule has 0 aliphatic carbocycles. The number of ether oxygens (including phenoxy) is 2. The number of hydrogen-bond donors (Lipinski definition) is 2. The largest absolute Gasteiger partial charge is 0.497 e. The molecule has 7 nitrogen and oxygen atoms in total. The number of amides is 2. The van der Waals surface area contributed by atoms with E-state index in [1.165, 1.54) is 0 Å². The zero-order valence-corrected chi connectivity index (χ0v) is 13.5. The van der Waals surface area contributed by atoms with Gasteiger partial charge in [-0.2, -0.15) is 0 Å². The van der Waals surface area contributed by atoms with Crippen molar-refractivity contribution in [2.45, 2.75) is 18.9 Å². The molecule has 1 unspecified atom stereocenters. The average molecular weight is 321 g/mol. The maximum Gasteiger partial charge on any atom is 0.242 e. The van der Waals surface area contributed by atoms with Crippen LogP contribution in [0.4, 0.5) is 0 Å². The van der Waals surface area contributed by atoms with Gasteiger partial charge in [0.05, 0.1) is 33.4 Å². The van der Waals surface area contributed by atoms with Gasteiger partial charge in [-0.25, -0.2) is 0 Å². The Morgan fingerprint density at radius 1 is 1.35 bits per heavy atom. The van der Waals surface area contributed by atoms with Gasteiger partial charge in [-0.3, -0.25) is 9.59 Å². The standard InChI is InChI=1S/C16H23N3O4/c1-22-11-5-6-12(14(8-11)23-2)13-4-3-7-19(13)16(21)10-18-15(20)9-17/h5-6,8,13H,3-4,7,9-10,17H2,1-2H3,(H,18,20). The summed E-state index contributed by atoms with van der Waals surface area (Å²) in [7, 11) is 3.20. The van der Waals surface area contributed by atoms with Crippen molar-refractivity contribution in [1.82, 2.24) is 10.2 Å². The van der Waals surface area contributed by atoms with Gasteiger partial charge in [-0.15, -0.1) is 0 Å². The maximum atomic E-state index is 12.4. The molecule has 23 heavy (non-hydrogen) atoms. The third kappa shape index (κ3) is 3.92. The fraction of sp³-hybridized carbons (Fsp3) is 0.500. The molecule has 0 radical (unpaired) electrons. The molecule has 1 aliphatic heterocycles. The molecule has 1 aliphatic rings. The van der Waals surface area contributed by atoms with E-state index in [0.29, 0.717) is 18.0 Å². The number of nitrogens with two attached hydrogens (primary N) is 1. The summed E-state index contributed by atoms with van der Waals surface area (Å²) in [5.41, 5.74) is 6.18. The number of rotatable bonds is 6. The van der Waals surface area contributed by atoms with E-state index in [4.69, 9.17) is 15.2 Å². The first-order valence-corrected chi connectivity index (χ1v) is 7.58. The monoisotopic (exact) mass is 321 g/mol. The van der Waals surface area contributed by atoms with Crippen LogP contribution in [0.15, 0.2) is 18.2 Å². The summed E-state index contributed by atoms with van der Waals surface area (Å²) in [4.78, 5) is 25.4. The van der Waals surface area contributed by atoms with Gasteiger partial charge in [0.25, 0.3) is 0 Å². The molecule has 7 heteroatoms. The zero-order chi connectivity index (χ0) is 16.8. The molecule has 0 spiro atoms. The van der Waals surface area contributed by atoms with Crippen LogP contribution in [0.1, 0.15) is 24.4 Å². The van der Waals surface area contributed by atoms with E-state index in [0.717, 1.165) is 18.4 Å². The number of likely N-dealkylation sites (tertiary alicyclic amines) is 1. The molecular formula is C16H23N3O4. The van der Waals surface area contributed by atoms with Crippen molar-refractivity contribution in [3.8, 4) is 11.5 Å². The summed E-state index contributed by atoms with van der Waals surface area (Å²) in [5, 5.41) is 2.52. The zero-order valence-electron chi connectivity index (χ0n) is 13.5. The minimum absolute atomic E-state index is 0.0367. The average Bonchev–Trinajstić information content (AvgIpc) is 3.08. The minimum Gasteiger partial charge on any atom is -0.497 e. The lowest BCUT2D eigenvalue weighted by atomic mass is 10.0. The van der Waals surface area contributed by atoms with Gasteiger partial charge in [-0.1, -0.05) is 0 Å². The van der Waals surface area contributed by atoms with Crippen molar-refractivity contribution < 1.29 is 19.1 Å². The Labute approximate surface area is 135 Å². The summed E-state index contributed by atoms with van der Waals surface area (Å²) >= 11 is 0. The summed E-state index contributed by atoms with van der Waals surface area (Å²) in [6, 6.07) is 5.53. The number of methoxy groups -OCH3 is 2. The molecule has 1 aromatic carbocycles. The van der Waals surface area contributed by atoms with E-state index in [-0.39, 0.29) is 30.9 Å². The molecule has 2 amide bonds. The highest BCUT2D eigenvalue weighted by atomic mass is 16.5. The summed E-state index contributed by atoms with van der Waals surface area (Å²) in [6.45, 7) is 0.505. The normalized spacial score (nSPS) is 17.0.